The van der Waals surface area contributed by atoms with Crippen molar-refractivity contribution >= 4 is 22.6 Å². The molecule has 4 fully saturated rings. The topological polar surface area (TPSA) is 84.9 Å². The van der Waals surface area contributed by atoms with Gasteiger partial charge < -0.3 is 24.6 Å². The number of rotatable bonds is 5. The second-order valence-corrected chi connectivity index (χ2v) is 13.9. The highest BCUT2D eigenvalue weighted by Crippen LogP contribution is 2.68. The zero-order valence-electron chi connectivity index (χ0n) is 25.0. The molecule has 1 aromatic carbocycles. The Labute approximate surface area is 243 Å². The molecule has 2 N–H and O–H groups in total. The van der Waals surface area contributed by atoms with Crippen LogP contribution in [-0.4, -0.2) is 42.7 Å². The zero-order valence-corrected chi connectivity index (χ0v) is 25.0. The lowest BCUT2D eigenvalue weighted by atomic mass is 9.46. The molecule has 2 aromatic rings. The molecule has 7 nitrogen and oxygen atoms in total. The minimum absolute atomic E-state index is 0.202. The smallest absolute Gasteiger partial charge is 0.357 e. The van der Waals surface area contributed by atoms with Crippen LogP contribution in [0.1, 0.15) is 83.9 Å². The number of carbonyl (C=O) groups excluding carboxylic acids is 1. The van der Waals surface area contributed by atoms with E-state index in [9.17, 15) is 4.79 Å². The van der Waals surface area contributed by atoms with Crippen LogP contribution in [0, 0.1) is 34.5 Å². The number of likely N-dealkylation sites (N-methyl/N-ethyl adjacent to an activating group) is 1. The van der Waals surface area contributed by atoms with E-state index in [-0.39, 0.29) is 5.41 Å². The number of oxime groups is 1. The molecule has 7 heteroatoms. The summed E-state index contributed by atoms with van der Waals surface area (Å²) < 4.78 is 12.4. The van der Waals surface area contributed by atoms with Crippen molar-refractivity contribution in [3.63, 3.8) is 0 Å². The van der Waals surface area contributed by atoms with Gasteiger partial charge in [0.25, 0.3) is 0 Å². The average Bonchev–Trinajstić information content (AvgIpc) is 3.69. The third-order valence-electron chi connectivity index (χ3n) is 12.1. The first-order chi connectivity index (χ1) is 19.7. The van der Waals surface area contributed by atoms with E-state index in [2.05, 4.69) is 42.3 Å². The summed E-state index contributed by atoms with van der Waals surface area (Å²) in [6.45, 7) is 8.70. The zero-order chi connectivity index (χ0) is 28.4. The van der Waals surface area contributed by atoms with Gasteiger partial charge in [0, 0.05) is 17.1 Å². The highest BCUT2D eigenvalue weighted by Gasteiger charge is 2.63. The van der Waals surface area contributed by atoms with Gasteiger partial charge >= 0.3 is 5.97 Å². The number of fused-ring (bicyclic) bond motifs is 6. The number of H-pyrrole nitrogens is 1. The summed E-state index contributed by atoms with van der Waals surface area (Å²) in [5.41, 5.74) is 4.67. The van der Waals surface area contributed by atoms with Crippen LogP contribution in [0.5, 0.6) is 0 Å². The molecule has 0 radical (unpaired) electrons. The molecule has 1 saturated heterocycles. The Morgan fingerprint density at radius 3 is 2.63 bits per heavy atom. The summed E-state index contributed by atoms with van der Waals surface area (Å²) in [4.78, 5) is 21.9. The Bertz CT molecular complexity index is 1360. The van der Waals surface area contributed by atoms with Crippen molar-refractivity contribution in [2.24, 2.45) is 39.7 Å². The van der Waals surface area contributed by atoms with E-state index in [1.165, 1.54) is 37.7 Å². The number of hydrogen-bond donors (Lipinski definition) is 2. The predicted molar refractivity (Wildman–Crippen MR) is 159 cm³/mol. The maximum Gasteiger partial charge on any atom is 0.357 e. The van der Waals surface area contributed by atoms with E-state index in [0.29, 0.717) is 17.3 Å². The molecular formula is C34H45N3O4. The van der Waals surface area contributed by atoms with Crippen molar-refractivity contribution in [1.29, 1.82) is 0 Å². The SMILES string of the molecule is CN[C@H](C(=O)O/N=C1/C=C2CCC3C(CC[C@@]4(C)C3CC[C@@H]4C3(C)OCCO3)[C@@]2(C)CC1)c1cc2ccccc2[nH]1. The molecule has 0 amide bonds. The first-order valence-corrected chi connectivity index (χ1v) is 15.8. The lowest BCUT2D eigenvalue weighted by Crippen LogP contribution is -2.53. The number of allylic oxidation sites excluding steroid dienone is 2. The number of nitrogens with one attached hydrogen (secondary N) is 2. The Hall–Kier alpha value is -2.48. The van der Waals surface area contributed by atoms with Gasteiger partial charge in [-0.1, -0.05) is 42.8 Å². The highest BCUT2D eigenvalue weighted by molar-refractivity contribution is 5.97. The van der Waals surface area contributed by atoms with Crippen molar-refractivity contribution < 1.29 is 19.1 Å². The van der Waals surface area contributed by atoms with E-state index >= 15 is 0 Å². The minimum Gasteiger partial charge on any atom is -0.357 e. The van der Waals surface area contributed by atoms with Crippen LogP contribution in [0.25, 0.3) is 10.9 Å². The van der Waals surface area contributed by atoms with E-state index in [4.69, 9.17) is 14.3 Å². The number of carbonyl (C=O) groups is 1. The van der Waals surface area contributed by atoms with Gasteiger partial charge in [0.2, 0.25) is 0 Å². The van der Waals surface area contributed by atoms with Crippen LogP contribution in [0.4, 0.5) is 0 Å². The lowest BCUT2D eigenvalue weighted by molar-refractivity contribution is -0.214. The molecule has 2 heterocycles. The summed E-state index contributed by atoms with van der Waals surface area (Å²) in [6.07, 6.45) is 11.6. The van der Waals surface area contributed by atoms with E-state index in [0.717, 1.165) is 66.6 Å². The van der Waals surface area contributed by atoms with Crippen LogP contribution >= 0.6 is 0 Å². The van der Waals surface area contributed by atoms with E-state index < -0.39 is 17.8 Å². The third-order valence-corrected chi connectivity index (χ3v) is 12.1. The molecule has 220 valence electrons. The van der Waals surface area contributed by atoms with Crippen molar-refractivity contribution in [3.8, 4) is 0 Å². The Kier molecular flexibility index (Phi) is 6.71. The van der Waals surface area contributed by atoms with Crippen LogP contribution in [-0.2, 0) is 19.1 Å². The highest BCUT2D eigenvalue weighted by atomic mass is 16.7. The molecule has 0 bridgehead atoms. The standard InChI is InChI=1S/C34H45N3O4/c1-32-15-13-23(37-41-31(38)30(35-4)28-19-21-7-5-6-8-27(21)36-28)20-22(32)9-10-24-25-11-12-29(34(3)39-17-18-40-34)33(25,2)16-14-26(24)32/h5-8,19-20,24-26,29-30,35-36H,9-18H2,1-4H3/b37-23+/t24?,25?,26?,29-,30-,32-,33-/m0/s1. The van der Waals surface area contributed by atoms with E-state index in [1.54, 1.807) is 7.05 Å². The van der Waals surface area contributed by atoms with Gasteiger partial charge in [-0.2, -0.15) is 0 Å². The van der Waals surface area contributed by atoms with Crippen molar-refractivity contribution in [3.05, 3.63) is 47.7 Å². The first-order valence-electron chi connectivity index (χ1n) is 15.8. The fourth-order valence-electron chi connectivity index (χ4n) is 10.0. The fraction of sp³-hybridized carbons (Fsp3) is 0.647. The molecule has 0 spiro atoms. The Balaban J connectivity index is 1.06. The number of para-hydroxylation sites is 1. The third kappa shape index (κ3) is 4.33. The normalized spacial score (nSPS) is 37.8. The maximum absolute atomic E-state index is 13.1. The molecule has 7 atom stereocenters. The molecule has 1 aromatic heterocycles. The van der Waals surface area contributed by atoms with Gasteiger partial charge in [-0.05, 0) is 118 Å². The van der Waals surface area contributed by atoms with Crippen LogP contribution < -0.4 is 5.32 Å². The van der Waals surface area contributed by atoms with Gasteiger partial charge in [-0.3, -0.25) is 0 Å². The maximum atomic E-state index is 13.1. The quantitative estimate of drug-likeness (QED) is 0.316. The number of ether oxygens (including phenoxy) is 2. The summed E-state index contributed by atoms with van der Waals surface area (Å²) in [6, 6.07) is 9.41. The Morgan fingerprint density at radius 2 is 1.85 bits per heavy atom. The largest absolute Gasteiger partial charge is 0.357 e. The summed E-state index contributed by atoms with van der Waals surface area (Å²) in [7, 11) is 1.77. The molecule has 3 saturated carbocycles. The molecule has 3 unspecified atom stereocenters. The fourth-order valence-corrected chi connectivity index (χ4v) is 10.0. The summed E-state index contributed by atoms with van der Waals surface area (Å²) >= 11 is 0. The van der Waals surface area contributed by atoms with Crippen molar-refractivity contribution in [2.75, 3.05) is 20.3 Å². The number of nitrogens with zero attached hydrogens (tertiary/aromatic N) is 1. The van der Waals surface area contributed by atoms with Gasteiger partial charge in [0.1, 0.15) is 6.04 Å². The lowest BCUT2D eigenvalue weighted by Gasteiger charge is -2.59. The van der Waals surface area contributed by atoms with Gasteiger partial charge in [0.15, 0.2) is 5.79 Å². The predicted octanol–water partition coefficient (Wildman–Crippen LogP) is 6.67. The van der Waals surface area contributed by atoms with Gasteiger partial charge in [-0.25, -0.2) is 4.79 Å². The number of hydrogen-bond acceptors (Lipinski definition) is 6. The second-order valence-electron chi connectivity index (χ2n) is 13.9. The molecule has 4 aliphatic carbocycles. The summed E-state index contributed by atoms with van der Waals surface area (Å²) in [5, 5.41) is 8.55. The number of aromatic nitrogens is 1. The number of aromatic amines is 1. The minimum atomic E-state index is -0.599. The Morgan fingerprint density at radius 1 is 1.05 bits per heavy atom. The molecular weight excluding hydrogens is 514 g/mol. The van der Waals surface area contributed by atoms with Gasteiger partial charge in [-0.15, -0.1) is 0 Å². The van der Waals surface area contributed by atoms with E-state index in [1.807, 2.05) is 30.3 Å². The average molecular weight is 560 g/mol. The first kappa shape index (κ1) is 27.4. The number of benzene rings is 1. The molecule has 41 heavy (non-hydrogen) atoms. The molecule has 5 aliphatic rings. The van der Waals surface area contributed by atoms with Crippen LogP contribution in [0.15, 0.2) is 47.1 Å². The van der Waals surface area contributed by atoms with Crippen LogP contribution in [0.2, 0.25) is 0 Å². The van der Waals surface area contributed by atoms with Crippen molar-refractivity contribution in [1.82, 2.24) is 10.3 Å². The van der Waals surface area contributed by atoms with Crippen LogP contribution in [0.3, 0.4) is 0 Å². The summed E-state index contributed by atoms with van der Waals surface area (Å²) in [5.74, 6) is 1.89. The second kappa shape index (κ2) is 10.1. The molecule has 1 aliphatic heterocycles. The van der Waals surface area contributed by atoms with Crippen molar-refractivity contribution in [2.45, 2.75) is 84.0 Å². The van der Waals surface area contributed by atoms with Gasteiger partial charge in [0.05, 0.1) is 18.9 Å². The monoisotopic (exact) mass is 559 g/mol. The molecule has 7 rings (SSSR count).